The molecule has 0 aliphatic carbocycles. The zero-order valence-electron chi connectivity index (χ0n) is 14.0. The van der Waals surface area contributed by atoms with Gasteiger partial charge in [0.05, 0.1) is 6.04 Å². The molecular formula is C19H21ClN2O2. The first-order valence-corrected chi connectivity index (χ1v) is 8.11. The first kappa shape index (κ1) is 18.2. The third kappa shape index (κ3) is 4.91. The maximum atomic E-state index is 12.4. The minimum atomic E-state index is -0.298. The fraction of sp³-hybridized carbons (Fsp3) is 0.263. The van der Waals surface area contributed by atoms with E-state index in [0.717, 1.165) is 5.56 Å². The number of nitrogens with zero attached hydrogens (tertiary/aromatic N) is 1. The molecule has 0 radical (unpaired) electrons. The molecule has 0 heterocycles. The standard InChI is InChI=1S/C19H21ClN2O2/c1-13(22(3)12-15-4-8-17(20)9-5-15)19(24)21-18-10-6-16(7-11-18)14(2)23/h4-11,13H,12H2,1-3H3,(H,21,24). The second-order valence-electron chi connectivity index (χ2n) is 5.84. The van der Waals surface area contributed by atoms with Crippen molar-refractivity contribution in [1.29, 1.82) is 0 Å². The number of anilines is 1. The van der Waals surface area contributed by atoms with E-state index in [-0.39, 0.29) is 17.7 Å². The third-order valence-electron chi connectivity index (χ3n) is 3.94. The van der Waals surface area contributed by atoms with E-state index in [1.807, 2.05) is 43.1 Å². The molecule has 5 heteroatoms. The van der Waals surface area contributed by atoms with Crippen molar-refractivity contribution in [2.75, 3.05) is 12.4 Å². The largest absolute Gasteiger partial charge is 0.325 e. The van der Waals surface area contributed by atoms with Gasteiger partial charge >= 0.3 is 0 Å². The topological polar surface area (TPSA) is 49.4 Å². The van der Waals surface area contributed by atoms with Gasteiger partial charge in [0.25, 0.3) is 0 Å². The van der Waals surface area contributed by atoms with Gasteiger partial charge in [0.2, 0.25) is 5.91 Å². The number of carbonyl (C=O) groups is 2. The monoisotopic (exact) mass is 344 g/mol. The summed E-state index contributed by atoms with van der Waals surface area (Å²) < 4.78 is 0. The van der Waals surface area contributed by atoms with Crippen LogP contribution in [0.15, 0.2) is 48.5 Å². The molecule has 0 aliphatic rings. The first-order chi connectivity index (χ1) is 11.4. The maximum absolute atomic E-state index is 12.4. The molecule has 0 fully saturated rings. The lowest BCUT2D eigenvalue weighted by atomic mass is 10.1. The number of ketones is 1. The third-order valence-corrected chi connectivity index (χ3v) is 4.20. The Kier molecular flexibility index (Phi) is 6.12. The van der Waals surface area contributed by atoms with Crippen LogP contribution in [-0.2, 0) is 11.3 Å². The van der Waals surface area contributed by atoms with Gasteiger partial charge in [-0.05, 0) is 62.9 Å². The quantitative estimate of drug-likeness (QED) is 0.806. The van der Waals surface area contributed by atoms with Crippen molar-refractivity contribution in [3.63, 3.8) is 0 Å². The molecule has 1 unspecified atom stereocenters. The van der Waals surface area contributed by atoms with Gasteiger partial charge in [0, 0.05) is 22.8 Å². The predicted molar refractivity (Wildman–Crippen MR) is 97.5 cm³/mol. The number of hydrogen-bond acceptors (Lipinski definition) is 3. The number of rotatable bonds is 6. The Bertz CT molecular complexity index is 711. The van der Waals surface area contributed by atoms with E-state index >= 15 is 0 Å². The molecule has 0 aromatic heterocycles. The summed E-state index contributed by atoms with van der Waals surface area (Å²) >= 11 is 5.88. The number of carbonyl (C=O) groups excluding carboxylic acids is 2. The van der Waals surface area contributed by atoms with Crippen LogP contribution in [0.25, 0.3) is 0 Å². The van der Waals surface area contributed by atoms with Gasteiger partial charge in [-0.25, -0.2) is 0 Å². The highest BCUT2D eigenvalue weighted by molar-refractivity contribution is 6.30. The Hall–Kier alpha value is -2.17. The van der Waals surface area contributed by atoms with Crippen LogP contribution >= 0.6 is 11.6 Å². The van der Waals surface area contributed by atoms with Crippen molar-refractivity contribution in [2.24, 2.45) is 0 Å². The highest BCUT2D eigenvalue weighted by Crippen LogP contribution is 2.14. The molecule has 126 valence electrons. The summed E-state index contributed by atoms with van der Waals surface area (Å²) in [4.78, 5) is 25.6. The smallest absolute Gasteiger partial charge is 0.241 e. The van der Waals surface area contributed by atoms with Crippen LogP contribution in [0.2, 0.25) is 5.02 Å². The van der Waals surface area contributed by atoms with Gasteiger partial charge in [-0.15, -0.1) is 0 Å². The lowest BCUT2D eigenvalue weighted by molar-refractivity contribution is -0.120. The lowest BCUT2D eigenvalue weighted by Gasteiger charge is -2.24. The normalized spacial score (nSPS) is 12.0. The molecule has 24 heavy (non-hydrogen) atoms. The molecule has 2 aromatic carbocycles. The summed E-state index contributed by atoms with van der Waals surface area (Å²) in [6.45, 7) is 4.02. The van der Waals surface area contributed by atoms with E-state index in [9.17, 15) is 9.59 Å². The van der Waals surface area contributed by atoms with E-state index in [4.69, 9.17) is 11.6 Å². The van der Waals surface area contributed by atoms with E-state index in [1.54, 1.807) is 24.3 Å². The Balaban J connectivity index is 1.95. The van der Waals surface area contributed by atoms with Crippen LogP contribution in [0.1, 0.15) is 29.8 Å². The number of likely N-dealkylation sites (N-methyl/N-ethyl adjacent to an activating group) is 1. The van der Waals surface area contributed by atoms with Crippen molar-refractivity contribution >= 4 is 29.0 Å². The molecule has 0 spiro atoms. The van der Waals surface area contributed by atoms with Gasteiger partial charge in [-0.2, -0.15) is 0 Å². The molecule has 0 saturated heterocycles. The highest BCUT2D eigenvalue weighted by Gasteiger charge is 2.18. The summed E-state index contributed by atoms with van der Waals surface area (Å²) in [5.41, 5.74) is 2.39. The minimum absolute atomic E-state index is 0.00365. The number of halogens is 1. The zero-order chi connectivity index (χ0) is 17.7. The van der Waals surface area contributed by atoms with E-state index in [2.05, 4.69) is 5.32 Å². The van der Waals surface area contributed by atoms with Crippen molar-refractivity contribution in [2.45, 2.75) is 26.4 Å². The van der Waals surface area contributed by atoms with Gasteiger partial charge in [0.1, 0.15) is 0 Å². The molecule has 2 rings (SSSR count). The second-order valence-corrected chi connectivity index (χ2v) is 6.28. The second kappa shape index (κ2) is 8.08. The molecule has 0 aliphatic heterocycles. The number of amides is 1. The highest BCUT2D eigenvalue weighted by atomic mass is 35.5. The SMILES string of the molecule is CC(=O)c1ccc(NC(=O)C(C)N(C)Cc2ccc(Cl)cc2)cc1. The molecule has 1 amide bonds. The average molecular weight is 345 g/mol. The van der Waals surface area contributed by atoms with Crippen LogP contribution in [0.3, 0.4) is 0 Å². The van der Waals surface area contributed by atoms with Gasteiger partial charge in [-0.1, -0.05) is 23.7 Å². The van der Waals surface area contributed by atoms with Crippen molar-refractivity contribution < 1.29 is 9.59 Å². The van der Waals surface area contributed by atoms with Crippen molar-refractivity contribution in [1.82, 2.24) is 4.90 Å². The van der Waals surface area contributed by atoms with E-state index in [1.165, 1.54) is 6.92 Å². The van der Waals surface area contributed by atoms with E-state index in [0.29, 0.717) is 22.8 Å². The summed E-state index contributed by atoms with van der Waals surface area (Å²) in [5.74, 6) is -0.0917. The average Bonchev–Trinajstić information content (AvgIpc) is 2.56. The molecule has 4 nitrogen and oxygen atoms in total. The molecular weight excluding hydrogens is 324 g/mol. The molecule has 0 bridgehead atoms. The van der Waals surface area contributed by atoms with Gasteiger partial charge in [-0.3, -0.25) is 14.5 Å². The molecule has 1 N–H and O–H groups in total. The van der Waals surface area contributed by atoms with Crippen molar-refractivity contribution in [3.05, 3.63) is 64.7 Å². The lowest BCUT2D eigenvalue weighted by Crippen LogP contribution is -2.39. The van der Waals surface area contributed by atoms with Gasteiger partial charge < -0.3 is 5.32 Å². The van der Waals surface area contributed by atoms with Crippen LogP contribution in [-0.4, -0.2) is 29.7 Å². The van der Waals surface area contributed by atoms with Crippen LogP contribution in [0.4, 0.5) is 5.69 Å². The maximum Gasteiger partial charge on any atom is 0.241 e. The predicted octanol–water partition coefficient (Wildman–Crippen LogP) is 4.00. The Morgan fingerprint density at radius 1 is 1.08 bits per heavy atom. The van der Waals surface area contributed by atoms with Crippen LogP contribution in [0.5, 0.6) is 0 Å². The zero-order valence-corrected chi connectivity index (χ0v) is 14.8. The van der Waals surface area contributed by atoms with Crippen molar-refractivity contribution in [3.8, 4) is 0 Å². The number of hydrogen-bond donors (Lipinski definition) is 1. The number of benzene rings is 2. The molecule has 2 aromatic rings. The molecule has 0 saturated carbocycles. The summed E-state index contributed by atoms with van der Waals surface area (Å²) in [6, 6.07) is 14.2. The fourth-order valence-corrected chi connectivity index (χ4v) is 2.38. The van der Waals surface area contributed by atoms with E-state index < -0.39 is 0 Å². The fourth-order valence-electron chi connectivity index (χ4n) is 2.25. The Morgan fingerprint density at radius 2 is 1.67 bits per heavy atom. The number of nitrogens with one attached hydrogen (secondary N) is 1. The molecule has 1 atom stereocenters. The summed E-state index contributed by atoms with van der Waals surface area (Å²) in [6.07, 6.45) is 0. The van der Waals surface area contributed by atoms with Crippen LogP contribution in [0, 0.1) is 0 Å². The van der Waals surface area contributed by atoms with Gasteiger partial charge in [0.15, 0.2) is 5.78 Å². The Labute approximate surface area is 147 Å². The summed E-state index contributed by atoms with van der Waals surface area (Å²) in [5, 5.41) is 3.57. The number of Topliss-reactive ketones (excluding diaryl/α,β-unsaturated/α-hetero) is 1. The van der Waals surface area contributed by atoms with Crippen LogP contribution < -0.4 is 5.32 Å². The minimum Gasteiger partial charge on any atom is -0.325 e. The Morgan fingerprint density at radius 3 is 2.21 bits per heavy atom. The first-order valence-electron chi connectivity index (χ1n) is 7.73. The summed E-state index contributed by atoms with van der Waals surface area (Å²) in [7, 11) is 1.90.